The van der Waals surface area contributed by atoms with Crippen molar-refractivity contribution < 1.29 is 9.59 Å². The molecule has 6 nitrogen and oxygen atoms in total. The third-order valence-electron chi connectivity index (χ3n) is 5.04. The van der Waals surface area contributed by atoms with E-state index < -0.39 is 0 Å². The summed E-state index contributed by atoms with van der Waals surface area (Å²) in [6.45, 7) is 4.78. The number of nitrogens with zero attached hydrogens (tertiary/aromatic N) is 2. The van der Waals surface area contributed by atoms with Crippen molar-refractivity contribution in [2.24, 2.45) is 5.92 Å². The Balaban J connectivity index is 1.35. The van der Waals surface area contributed by atoms with Gasteiger partial charge < -0.3 is 15.5 Å². The van der Waals surface area contributed by atoms with Gasteiger partial charge in [-0.1, -0.05) is 11.8 Å². The molecule has 3 saturated heterocycles. The molecule has 2 aromatic rings. The lowest BCUT2D eigenvalue weighted by Crippen LogP contribution is -2.57. The second-order valence-corrected chi connectivity index (χ2v) is 9.41. The average molecular weight is 403 g/mol. The number of fused-ring (bicyclic) bond motifs is 3. The summed E-state index contributed by atoms with van der Waals surface area (Å²) >= 11 is 2.98. The van der Waals surface area contributed by atoms with Crippen LogP contribution in [0, 0.1) is 5.92 Å². The Labute approximate surface area is 166 Å². The molecule has 1 aromatic carbocycles. The molecule has 5 rings (SSSR count). The number of anilines is 1. The number of nitrogens with one attached hydrogen (secondary N) is 2. The van der Waals surface area contributed by atoms with E-state index >= 15 is 0 Å². The second kappa shape index (κ2) is 8.00. The third kappa shape index (κ3) is 4.51. The van der Waals surface area contributed by atoms with Gasteiger partial charge in [0.1, 0.15) is 0 Å². The van der Waals surface area contributed by atoms with E-state index in [1.807, 2.05) is 24.3 Å². The van der Waals surface area contributed by atoms with Crippen LogP contribution >= 0.6 is 23.1 Å². The van der Waals surface area contributed by atoms with E-state index in [9.17, 15) is 9.59 Å². The fourth-order valence-electron chi connectivity index (χ4n) is 3.70. The normalized spacial score (nSPS) is 23.8. The largest absolute Gasteiger partial charge is 0.346 e. The van der Waals surface area contributed by atoms with Crippen LogP contribution in [0.1, 0.15) is 29.6 Å². The summed E-state index contributed by atoms with van der Waals surface area (Å²) in [6.07, 6.45) is 4.11. The van der Waals surface area contributed by atoms with Gasteiger partial charge in [-0.25, -0.2) is 4.98 Å². The van der Waals surface area contributed by atoms with Crippen LogP contribution < -0.4 is 10.6 Å². The highest BCUT2D eigenvalue weighted by Crippen LogP contribution is 2.33. The first-order chi connectivity index (χ1) is 13.1. The molecule has 2 bridgehead atoms. The molecule has 142 valence electrons. The maximum absolute atomic E-state index is 12.6. The van der Waals surface area contributed by atoms with Crippen LogP contribution in [0.15, 0.2) is 39.6 Å². The Hall–Kier alpha value is -1.90. The number of amides is 2. The van der Waals surface area contributed by atoms with E-state index in [4.69, 9.17) is 0 Å². The number of hydrogen-bond donors (Lipinski definition) is 2. The minimum Gasteiger partial charge on any atom is -0.346 e. The quantitative estimate of drug-likeness (QED) is 0.804. The SMILES string of the molecule is CC(=O)Nc1ccc(Sc2cnc(C(=O)N[C@H]3CN4CCC3CC4)s2)cc1. The monoisotopic (exact) mass is 402 g/mol. The van der Waals surface area contributed by atoms with E-state index in [0.717, 1.165) is 34.4 Å². The maximum Gasteiger partial charge on any atom is 0.280 e. The molecule has 1 atom stereocenters. The number of aromatic nitrogens is 1. The Morgan fingerprint density at radius 2 is 1.96 bits per heavy atom. The van der Waals surface area contributed by atoms with Gasteiger partial charge in [-0.15, -0.1) is 11.3 Å². The molecular weight excluding hydrogens is 380 g/mol. The smallest absolute Gasteiger partial charge is 0.280 e. The first-order valence-corrected chi connectivity index (χ1v) is 10.7. The predicted octanol–water partition coefficient (Wildman–Crippen LogP) is 3.08. The average Bonchev–Trinajstić information content (AvgIpc) is 3.13. The van der Waals surface area contributed by atoms with Crippen LogP contribution in [-0.4, -0.2) is 47.4 Å². The number of benzene rings is 1. The van der Waals surface area contributed by atoms with Crippen molar-refractivity contribution in [2.75, 3.05) is 25.0 Å². The van der Waals surface area contributed by atoms with Gasteiger partial charge in [0.15, 0.2) is 5.01 Å². The summed E-state index contributed by atoms with van der Waals surface area (Å²) in [6, 6.07) is 7.88. The number of thiazole rings is 1. The van der Waals surface area contributed by atoms with E-state index in [2.05, 4.69) is 20.5 Å². The minimum absolute atomic E-state index is 0.0633. The molecule has 0 spiro atoms. The Kier molecular flexibility index (Phi) is 5.47. The molecule has 4 heterocycles. The first-order valence-electron chi connectivity index (χ1n) is 9.11. The Bertz CT molecular complexity index is 828. The number of carbonyl (C=O) groups excluding carboxylic acids is 2. The topological polar surface area (TPSA) is 74.3 Å². The highest BCUT2D eigenvalue weighted by Gasteiger charge is 2.35. The molecule has 1 aromatic heterocycles. The molecule has 3 fully saturated rings. The number of hydrogen-bond acceptors (Lipinski definition) is 6. The van der Waals surface area contributed by atoms with Crippen molar-refractivity contribution in [3.8, 4) is 0 Å². The highest BCUT2D eigenvalue weighted by molar-refractivity contribution is 8.01. The van der Waals surface area contributed by atoms with Crippen molar-refractivity contribution in [1.82, 2.24) is 15.2 Å². The Morgan fingerprint density at radius 1 is 1.22 bits per heavy atom. The van der Waals surface area contributed by atoms with Crippen molar-refractivity contribution in [3.05, 3.63) is 35.5 Å². The number of carbonyl (C=O) groups is 2. The molecule has 3 aliphatic rings. The molecule has 3 aliphatic heterocycles. The van der Waals surface area contributed by atoms with Crippen LogP contribution in [0.4, 0.5) is 5.69 Å². The number of rotatable bonds is 5. The minimum atomic E-state index is -0.0866. The van der Waals surface area contributed by atoms with Crippen LogP contribution in [0.2, 0.25) is 0 Å². The standard InChI is InChI=1S/C19H22N4O2S2/c1-12(24)21-14-2-4-15(5-3-14)26-17-10-20-19(27-17)18(25)22-16-11-23-8-6-13(16)7-9-23/h2-5,10,13,16H,6-9,11H2,1H3,(H,21,24)(H,22,25)/t16-/m0/s1. The van der Waals surface area contributed by atoms with Crippen molar-refractivity contribution in [2.45, 2.75) is 34.9 Å². The zero-order valence-corrected chi connectivity index (χ0v) is 16.7. The van der Waals surface area contributed by atoms with Crippen LogP contribution in [0.5, 0.6) is 0 Å². The maximum atomic E-state index is 12.6. The molecule has 0 radical (unpaired) electrons. The van der Waals surface area contributed by atoms with Gasteiger partial charge in [0.05, 0.1) is 10.4 Å². The van der Waals surface area contributed by atoms with Crippen LogP contribution in [0.3, 0.4) is 0 Å². The molecule has 2 N–H and O–H groups in total. The van der Waals surface area contributed by atoms with Gasteiger partial charge in [-0.3, -0.25) is 9.59 Å². The first kappa shape index (κ1) is 18.5. The van der Waals surface area contributed by atoms with Gasteiger partial charge in [0, 0.05) is 30.1 Å². The van der Waals surface area contributed by atoms with E-state index in [1.165, 1.54) is 31.1 Å². The summed E-state index contributed by atoms with van der Waals surface area (Å²) in [5.41, 5.74) is 0.772. The lowest BCUT2D eigenvalue weighted by molar-refractivity contribution is -0.114. The van der Waals surface area contributed by atoms with Crippen molar-refractivity contribution in [3.63, 3.8) is 0 Å². The van der Waals surface area contributed by atoms with E-state index in [1.54, 1.807) is 18.0 Å². The molecule has 0 saturated carbocycles. The van der Waals surface area contributed by atoms with Gasteiger partial charge in [-0.2, -0.15) is 0 Å². The van der Waals surface area contributed by atoms with Gasteiger partial charge >= 0.3 is 0 Å². The summed E-state index contributed by atoms with van der Waals surface area (Å²) in [7, 11) is 0. The molecule has 2 amide bonds. The summed E-state index contributed by atoms with van der Waals surface area (Å²) in [5, 5.41) is 6.46. The van der Waals surface area contributed by atoms with Gasteiger partial charge in [-0.05, 0) is 56.1 Å². The van der Waals surface area contributed by atoms with Gasteiger partial charge in [0.2, 0.25) is 5.91 Å². The highest BCUT2D eigenvalue weighted by atomic mass is 32.2. The van der Waals surface area contributed by atoms with E-state index in [-0.39, 0.29) is 17.9 Å². The fourth-order valence-corrected chi connectivity index (χ4v) is 5.55. The van der Waals surface area contributed by atoms with Crippen molar-refractivity contribution in [1.29, 1.82) is 0 Å². The van der Waals surface area contributed by atoms with Crippen molar-refractivity contribution >= 4 is 40.6 Å². The molecule has 0 unspecified atom stereocenters. The molecule has 0 aliphatic carbocycles. The Morgan fingerprint density at radius 3 is 2.59 bits per heavy atom. The number of piperidine rings is 3. The molecule has 27 heavy (non-hydrogen) atoms. The second-order valence-electron chi connectivity index (χ2n) is 7.01. The molecular formula is C19H22N4O2S2. The lowest BCUT2D eigenvalue weighted by Gasteiger charge is -2.44. The fraction of sp³-hybridized carbons (Fsp3) is 0.421. The summed E-state index contributed by atoms with van der Waals surface area (Å²) in [4.78, 5) is 31.4. The molecule has 8 heteroatoms. The van der Waals surface area contributed by atoms with Gasteiger partial charge in [0.25, 0.3) is 5.91 Å². The van der Waals surface area contributed by atoms with E-state index in [0.29, 0.717) is 10.9 Å². The summed E-state index contributed by atoms with van der Waals surface area (Å²) < 4.78 is 0.973. The lowest BCUT2D eigenvalue weighted by atomic mass is 9.84. The van der Waals surface area contributed by atoms with Crippen LogP contribution in [0.25, 0.3) is 0 Å². The van der Waals surface area contributed by atoms with Crippen LogP contribution in [-0.2, 0) is 4.79 Å². The summed E-state index contributed by atoms with van der Waals surface area (Å²) in [5.74, 6) is 0.456. The zero-order valence-electron chi connectivity index (χ0n) is 15.1. The third-order valence-corrected chi connectivity index (χ3v) is 7.15. The zero-order chi connectivity index (χ0) is 18.8. The predicted molar refractivity (Wildman–Crippen MR) is 107 cm³/mol.